The van der Waals surface area contributed by atoms with Crippen LogP contribution in [0.1, 0.15) is 37.0 Å². The SMILES string of the molecule is CCC(CC)[C@@H](CNC(=O)c1cc(=O)[nH]c2ccccc12)N1CCOCC1. The lowest BCUT2D eigenvalue weighted by Crippen LogP contribution is -2.52. The molecule has 0 saturated carbocycles. The third-order valence-electron chi connectivity index (χ3n) is 5.57. The molecule has 1 aliphatic heterocycles. The average molecular weight is 371 g/mol. The molecule has 1 aliphatic rings. The van der Waals surface area contributed by atoms with Gasteiger partial charge < -0.3 is 15.0 Å². The Labute approximate surface area is 159 Å². The highest BCUT2D eigenvalue weighted by Gasteiger charge is 2.27. The molecule has 27 heavy (non-hydrogen) atoms. The molecule has 0 unspecified atom stereocenters. The summed E-state index contributed by atoms with van der Waals surface area (Å²) in [7, 11) is 0. The van der Waals surface area contributed by atoms with E-state index >= 15 is 0 Å². The van der Waals surface area contributed by atoms with Crippen molar-refractivity contribution in [3.63, 3.8) is 0 Å². The van der Waals surface area contributed by atoms with Crippen LogP contribution in [-0.4, -0.2) is 54.7 Å². The lowest BCUT2D eigenvalue weighted by atomic mass is 9.92. The number of morpholine rings is 1. The summed E-state index contributed by atoms with van der Waals surface area (Å²) in [5.74, 6) is 0.320. The normalized spacial score (nSPS) is 16.6. The van der Waals surface area contributed by atoms with E-state index in [-0.39, 0.29) is 17.5 Å². The first-order chi connectivity index (χ1) is 13.1. The fourth-order valence-corrected chi connectivity index (χ4v) is 4.02. The molecule has 1 atom stereocenters. The second-order valence-corrected chi connectivity index (χ2v) is 7.10. The maximum Gasteiger partial charge on any atom is 0.252 e. The van der Waals surface area contributed by atoms with E-state index in [4.69, 9.17) is 4.74 Å². The van der Waals surface area contributed by atoms with Gasteiger partial charge in [-0.3, -0.25) is 14.5 Å². The van der Waals surface area contributed by atoms with Gasteiger partial charge in [-0.2, -0.15) is 0 Å². The molecular weight excluding hydrogens is 342 g/mol. The Hall–Kier alpha value is -2.18. The summed E-state index contributed by atoms with van der Waals surface area (Å²) in [6.07, 6.45) is 2.14. The van der Waals surface area contributed by atoms with Crippen LogP contribution in [0.15, 0.2) is 35.1 Å². The van der Waals surface area contributed by atoms with E-state index in [2.05, 4.69) is 29.0 Å². The number of nitrogens with one attached hydrogen (secondary N) is 2. The number of ether oxygens (including phenoxy) is 1. The lowest BCUT2D eigenvalue weighted by Gasteiger charge is -2.38. The number of fused-ring (bicyclic) bond motifs is 1. The van der Waals surface area contributed by atoms with Crippen molar-refractivity contribution in [2.75, 3.05) is 32.8 Å². The third kappa shape index (κ3) is 4.57. The number of aromatic amines is 1. The maximum absolute atomic E-state index is 12.9. The number of para-hydroxylation sites is 1. The zero-order valence-corrected chi connectivity index (χ0v) is 16.2. The highest BCUT2D eigenvalue weighted by molar-refractivity contribution is 6.05. The van der Waals surface area contributed by atoms with E-state index in [0.29, 0.717) is 23.5 Å². The highest BCUT2D eigenvalue weighted by Crippen LogP contribution is 2.20. The van der Waals surface area contributed by atoms with Crippen LogP contribution in [0.2, 0.25) is 0 Å². The molecule has 2 aromatic rings. The Morgan fingerprint density at radius 2 is 1.93 bits per heavy atom. The minimum absolute atomic E-state index is 0.193. The zero-order valence-electron chi connectivity index (χ0n) is 16.2. The van der Waals surface area contributed by atoms with Crippen LogP contribution in [0.3, 0.4) is 0 Å². The predicted molar refractivity (Wildman–Crippen MR) is 107 cm³/mol. The van der Waals surface area contributed by atoms with Crippen LogP contribution < -0.4 is 10.9 Å². The number of rotatable bonds is 7. The van der Waals surface area contributed by atoms with Gasteiger partial charge in [-0.05, 0) is 12.0 Å². The molecule has 3 rings (SSSR count). The van der Waals surface area contributed by atoms with Gasteiger partial charge in [0.15, 0.2) is 0 Å². The molecule has 1 fully saturated rings. The molecule has 2 N–H and O–H groups in total. The van der Waals surface area contributed by atoms with Crippen molar-refractivity contribution in [2.45, 2.75) is 32.7 Å². The lowest BCUT2D eigenvalue weighted by molar-refractivity contribution is 0.00191. The van der Waals surface area contributed by atoms with Crippen molar-refractivity contribution in [3.8, 4) is 0 Å². The Kier molecular flexibility index (Phi) is 6.63. The summed E-state index contributed by atoms with van der Waals surface area (Å²) in [4.78, 5) is 30.0. The van der Waals surface area contributed by atoms with E-state index in [1.54, 1.807) is 0 Å². The van der Waals surface area contributed by atoms with Crippen LogP contribution in [0, 0.1) is 5.92 Å². The molecular formula is C21H29N3O3. The number of amides is 1. The summed E-state index contributed by atoms with van der Waals surface area (Å²) in [5.41, 5.74) is 0.850. The van der Waals surface area contributed by atoms with Gasteiger partial charge in [-0.1, -0.05) is 44.9 Å². The average Bonchev–Trinajstić information content (AvgIpc) is 2.70. The largest absolute Gasteiger partial charge is 0.379 e. The Bertz CT molecular complexity index is 823. The number of benzene rings is 1. The summed E-state index contributed by atoms with van der Waals surface area (Å²) in [5, 5.41) is 3.85. The van der Waals surface area contributed by atoms with Crippen LogP contribution >= 0.6 is 0 Å². The Balaban J connectivity index is 1.79. The molecule has 0 spiro atoms. The molecule has 1 aromatic carbocycles. The van der Waals surface area contributed by atoms with Gasteiger partial charge in [0.05, 0.1) is 18.8 Å². The first kappa shape index (κ1) is 19.6. The van der Waals surface area contributed by atoms with Crippen molar-refractivity contribution in [1.29, 1.82) is 0 Å². The molecule has 146 valence electrons. The fraction of sp³-hybridized carbons (Fsp3) is 0.524. The molecule has 0 radical (unpaired) electrons. The van der Waals surface area contributed by atoms with Crippen LogP contribution in [0.4, 0.5) is 0 Å². The molecule has 2 heterocycles. The van der Waals surface area contributed by atoms with Crippen LogP contribution in [0.25, 0.3) is 10.9 Å². The molecule has 1 saturated heterocycles. The van der Waals surface area contributed by atoms with Gasteiger partial charge in [0.1, 0.15) is 0 Å². The number of carbonyl (C=O) groups excluding carboxylic acids is 1. The molecule has 1 amide bonds. The van der Waals surface area contributed by atoms with Crippen molar-refractivity contribution < 1.29 is 9.53 Å². The summed E-state index contributed by atoms with van der Waals surface area (Å²) < 4.78 is 5.49. The number of pyridine rings is 1. The molecule has 1 aromatic heterocycles. The van der Waals surface area contributed by atoms with Gasteiger partial charge in [0, 0.05) is 42.6 Å². The van der Waals surface area contributed by atoms with E-state index in [1.165, 1.54) is 6.07 Å². The first-order valence-corrected chi connectivity index (χ1v) is 9.86. The second-order valence-electron chi connectivity index (χ2n) is 7.10. The topological polar surface area (TPSA) is 74.4 Å². The van der Waals surface area contributed by atoms with E-state index < -0.39 is 0 Å². The Morgan fingerprint density at radius 3 is 2.63 bits per heavy atom. The zero-order chi connectivity index (χ0) is 19.2. The Morgan fingerprint density at radius 1 is 1.22 bits per heavy atom. The number of hydrogen-bond acceptors (Lipinski definition) is 4. The fourth-order valence-electron chi connectivity index (χ4n) is 4.02. The smallest absolute Gasteiger partial charge is 0.252 e. The summed E-state index contributed by atoms with van der Waals surface area (Å²) in [6.45, 7) is 8.25. The minimum atomic E-state index is -0.261. The molecule has 6 heteroatoms. The van der Waals surface area contributed by atoms with Crippen LogP contribution in [-0.2, 0) is 4.74 Å². The minimum Gasteiger partial charge on any atom is -0.379 e. The molecule has 6 nitrogen and oxygen atoms in total. The summed E-state index contributed by atoms with van der Waals surface area (Å²) >= 11 is 0. The maximum atomic E-state index is 12.9. The van der Waals surface area contributed by atoms with Crippen molar-refractivity contribution in [2.24, 2.45) is 5.92 Å². The number of H-pyrrole nitrogens is 1. The second kappa shape index (κ2) is 9.15. The van der Waals surface area contributed by atoms with E-state index in [9.17, 15) is 9.59 Å². The number of aromatic nitrogens is 1. The number of hydrogen-bond donors (Lipinski definition) is 2. The monoisotopic (exact) mass is 371 g/mol. The van der Waals surface area contributed by atoms with Crippen molar-refractivity contribution in [3.05, 3.63) is 46.2 Å². The van der Waals surface area contributed by atoms with Crippen LogP contribution in [0.5, 0.6) is 0 Å². The summed E-state index contributed by atoms with van der Waals surface area (Å²) in [6, 6.07) is 9.06. The van der Waals surface area contributed by atoms with Gasteiger partial charge in [0.2, 0.25) is 5.56 Å². The van der Waals surface area contributed by atoms with E-state index in [0.717, 1.165) is 44.5 Å². The third-order valence-corrected chi connectivity index (χ3v) is 5.57. The molecule has 0 bridgehead atoms. The van der Waals surface area contributed by atoms with Gasteiger partial charge >= 0.3 is 0 Å². The van der Waals surface area contributed by atoms with Crippen molar-refractivity contribution in [1.82, 2.24) is 15.2 Å². The van der Waals surface area contributed by atoms with Crippen molar-refractivity contribution >= 4 is 16.8 Å². The van der Waals surface area contributed by atoms with Gasteiger partial charge in [0.25, 0.3) is 5.91 Å². The number of nitrogens with zero attached hydrogens (tertiary/aromatic N) is 1. The highest BCUT2D eigenvalue weighted by atomic mass is 16.5. The standard InChI is InChI=1S/C21H29N3O3/c1-3-15(4-2)19(24-9-11-27-12-10-24)14-22-21(26)17-13-20(25)23-18-8-6-5-7-16(17)18/h5-8,13,15,19H,3-4,9-12,14H2,1-2H3,(H,22,26)(H,23,25)/t19-/m1/s1. The van der Waals surface area contributed by atoms with E-state index in [1.807, 2.05) is 24.3 Å². The number of carbonyl (C=O) groups is 1. The van der Waals surface area contributed by atoms with Gasteiger partial charge in [-0.25, -0.2) is 0 Å². The molecule has 0 aliphatic carbocycles. The van der Waals surface area contributed by atoms with Gasteiger partial charge in [-0.15, -0.1) is 0 Å². The predicted octanol–water partition coefficient (Wildman–Crippen LogP) is 2.39. The first-order valence-electron chi connectivity index (χ1n) is 9.86. The quantitative estimate of drug-likeness (QED) is 0.784.